The number of carbonyl (C=O) groups excluding carboxylic acids is 4. The van der Waals surface area contributed by atoms with Gasteiger partial charge in [0.25, 0.3) is 23.6 Å². The summed E-state index contributed by atoms with van der Waals surface area (Å²) in [5.74, 6) is -2.50. The maximum atomic E-state index is 13.6. The number of carbonyl (C=O) groups is 4. The average molecular weight is 523 g/mol. The van der Waals surface area contributed by atoms with E-state index in [9.17, 15) is 27.6 Å². The zero-order valence-corrected chi connectivity index (χ0v) is 20.8. The van der Waals surface area contributed by atoms with Crippen molar-refractivity contribution < 1.29 is 27.6 Å². The van der Waals surface area contributed by atoms with E-state index in [2.05, 4.69) is 6.58 Å². The summed E-state index contributed by atoms with van der Waals surface area (Å²) in [4.78, 5) is 56.1. The molecule has 4 aromatic rings. The summed E-state index contributed by atoms with van der Waals surface area (Å²) in [6.45, 7) is 5.17. The van der Waals surface area contributed by atoms with E-state index < -0.39 is 33.5 Å². The predicted octanol–water partition coefficient (Wildman–Crippen LogP) is 4.67. The highest BCUT2D eigenvalue weighted by atomic mass is 32.2. The van der Waals surface area contributed by atoms with E-state index in [1.165, 1.54) is 48.5 Å². The van der Waals surface area contributed by atoms with Gasteiger partial charge in [0.2, 0.25) is 0 Å². The molecule has 0 aliphatic carbocycles. The minimum atomic E-state index is -3.81. The van der Waals surface area contributed by atoms with Gasteiger partial charge in [0, 0.05) is 38.4 Å². The van der Waals surface area contributed by atoms with Gasteiger partial charge in [-0.05, 0) is 67.1 Å². The number of hydrogen-bond acceptors (Lipinski definition) is 6. The van der Waals surface area contributed by atoms with E-state index in [1.807, 2.05) is 13.0 Å². The average Bonchev–Trinajstić information content (AvgIpc) is 2.91. The number of hydrogen-bond donors (Lipinski definition) is 0. The molecule has 2 aliphatic heterocycles. The van der Waals surface area contributed by atoms with E-state index in [1.54, 1.807) is 18.2 Å². The Morgan fingerprint density at radius 2 is 1.05 bits per heavy atom. The molecule has 0 unspecified atom stereocenters. The third-order valence-corrected chi connectivity index (χ3v) is 8.13. The molecule has 0 saturated heterocycles. The zero-order chi connectivity index (χ0) is 26.9. The molecule has 0 N–H and O–H groups in total. The predicted molar refractivity (Wildman–Crippen MR) is 141 cm³/mol. The first kappa shape index (κ1) is 23.5. The van der Waals surface area contributed by atoms with Crippen LogP contribution in [0.15, 0.2) is 89.7 Å². The van der Waals surface area contributed by atoms with Crippen LogP contribution >= 0.6 is 0 Å². The second-order valence-corrected chi connectivity index (χ2v) is 10.9. The molecule has 2 heterocycles. The van der Waals surface area contributed by atoms with Crippen molar-refractivity contribution in [3.05, 3.63) is 113 Å². The van der Waals surface area contributed by atoms with Crippen LogP contribution in [0.3, 0.4) is 0 Å². The molecular formula is C29H18N2O6S. The van der Waals surface area contributed by atoms with Crippen molar-refractivity contribution in [2.24, 2.45) is 0 Å². The first-order valence-corrected chi connectivity index (χ1v) is 13.1. The van der Waals surface area contributed by atoms with Gasteiger partial charge < -0.3 is 0 Å². The lowest BCUT2D eigenvalue weighted by Gasteiger charge is -2.32. The van der Waals surface area contributed by atoms with Gasteiger partial charge in [0.15, 0.2) is 9.84 Å². The van der Waals surface area contributed by atoms with E-state index in [0.717, 1.165) is 20.8 Å². The Balaban J connectivity index is 1.53. The maximum Gasteiger partial charge on any atom is 0.265 e. The van der Waals surface area contributed by atoms with Crippen LogP contribution < -0.4 is 9.80 Å². The molecule has 0 fully saturated rings. The summed E-state index contributed by atoms with van der Waals surface area (Å²) in [5, 5.41) is 1.27. The number of rotatable bonds is 4. The molecule has 2 aliphatic rings. The number of anilines is 2. The van der Waals surface area contributed by atoms with Crippen LogP contribution in [0.2, 0.25) is 0 Å². The summed E-state index contributed by atoms with van der Waals surface area (Å²) in [7, 11) is -3.81. The molecule has 186 valence electrons. The largest absolute Gasteiger partial charge is 0.268 e. The summed E-state index contributed by atoms with van der Waals surface area (Å²) >= 11 is 0. The van der Waals surface area contributed by atoms with Crippen molar-refractivity contribution >= 4 is 55.6 Å². The number of nitrogens with zero attached hydrogens (tertiary/aromatic N) is 2. The fourth-order valence-corrected chi connectivity index (χ4v) is 5.75. The van der Waals surface area contributed by atoms with Crippen LogP contribution in [0, 0.1) is 6.92 Å². The Kier molecular flexibility index (Phi) is 4.98. The lowest BCUT2D eigenvalue weighted by molar-refractivity contribution is 0.0873. The van der Waals surface area contributed by atoms with Gasteiger partial charge in [-0.3, -0.25) is 19.2 Å². The normalized spacial score (nSPS) is 14.9. The smallest absolute Gasteiger partial charge is 0.265 e. The second kappa shape index (κ2) is 8.06. The fourth-order valence-electron chi connectivity index (χ4n) is 5.01. The van der Waals surface area contributed by atoms with Gasteiger partial charge in [-0.25, -0.2) is 18.2 Å². The van der Waals surface area contributed by atoms with Crippen LogP contribution in [-0.4, -0.2) is 32.0 Å². The number of benzene rings is 4. The zero-order valence-electron chi connectivity index (χ0n) is 20.0. The fraction of sp³-hybridized carbons (Fsp3) is 0.0345. The molecule has 6 rings (SSSR count). The Bertz CT molecular complexity index is 1840. The second-order valence-electron chi connectivity index (χ2n) is 9.01. The minimum Gasteiger partial charge on any atom is -0.268 e. The number of imide groups is 2. The molecule has 38 heavy (non-hydrogen) atoms. The molecule has 8 nitrogen and oxygen atoms in total. The van der Waals surface area contributed by atoms with Crippen LogP contribution in [0.1, 0.15) is 47.0 Å². The molecule has 0 spiro atoms. The summed E-state index contributed by atoms with van der Waals surface area (Å²) in [5.41, 5.74) is 2.03. The number of aryl methyl sites for hydroxylation is 1. The van der Waals surface area contributed by atoms with Gasteiger partial charge in [-0.1, -0.05) is 24.8 Å². The van der Waals surface area contributed by atoms with Crippen molar-refractivity contribution in [2.45, 2.75) is 11.8 Å². The minimum absolute atomic E-state index is 0.0692. The monoisotopic (exact) mass is 522 g/mol. The van der Waals surface area contributed by atoms with Crippen molar-refractivity contribution in [2.75, 3.05) is 9.80 Å². The van der Waals surface area contributed by atoms with Gasteiger partial charge >= 0.3 is 0 Å². The lowest BCUT2D eigenvalue weighted by Crippen LogP contribution is -2.43. The Labute approximate surface area is 217 Å². The van der Waals surface area contributed by atoms with Crippen molar-refractivity contribution in [3.63, 3.8) is 0 Å². The first-order valence-electron chi connectivity index (χ1n) is 11.6. The van der Waals surface area contributed by atoms with Crippen LogP contribution in [-0.2, 0) is 9.84 Å². The molecule has 0 aromatic heterocycles. The van der Waals surface area contributed by atoms with Crippen LogP contribution in [0.4, 0.5) is 11.4 Å². The Hall–Kier alpha value is -4.89. The van der Waals surface area contributed by atoms with Crippen molar-refractivity contribution in [1.82, 2.24) is 0 Å². The van der Waals surface area contributed by atoms with Gasteiger partial charge in [-0.15, -0.1) is 0 Å². The molecule has 4 aromatic carbocycles. The lowest BCUT2D eigenvalue weighted by atomic mass is 9.85. The summed E-state index contributed by atoms with van der Waals surface area (Å²) in [6, 6.07) is 18.3. The Morgan fingerprint density at radius 1 is 0.632 bits per heavy atom. The summed E-state index contributed by atoms with van der Waals surface area (Å²) < 4.78 is 24.6. The Morgan fingerprint density at radius 3 is 1.47 bits per heavy atom. The van der Waals surface area contributed by atoms with E-state index in [0.29, 0.717) is 5.69 Å². The van der Waals surface area contributed by atoms with Crippen molar-refractivity contribution in [1.29, 1.82) is 0 Å². The first-order chi connectivity index (χ1) is 18.1. The van der Waals surface area contributed by atoms with E-state index >= 15 is 0 Å². The molecule has 0 bridgehead atoms. The van der Waals surface area contributed by atoms with Gasteiger partial charge in [0.05, 0.1) is 16.3 Å². The number of amides is 4. The molecular weight excluding hydrogens is 504 g/mol. The maximum absolute atomic E-state index is 13.6. The third kappa shape index (κ3) is 3.18. The molecule has 4 amide bonds. The topological polar surface area (TPSA) is 109 Å². The van der Waals surface area contributed by atoms with Crippen LogP contribution in [0.5, 0.6) is 0 Å². The highest BCUT2D eigenvalue weighted by Crippen LogP contribution is 2.40. The standard InChI is InChI=1S/C29H18N2O6S/c1-3-38(36,37)19-9-5-8-18(15-19)31-28(34)22-12-10-20-24-21(11-13-23(25(22)24)29(31)35)27(33)30(26(20)32)17-7-4-6-16(2)14-17/h3-15H,1H2,2H3. The van der Waals surface area contributed by atoms with Gasteiger partial charge in [0.1, 0.15) is 0 Å². The van der Waals surface area contributed by atoms with Gasteiger partial charge in [-0.2, -0.15) is 0 Å². The van der Waals surface area contributed by atoms with E-state index in [-0.39, 0.29) is 43.6 Å². The highest BCUT2D eigenvalue weighted by Gasteiger charge is 2.40. The van der Waals surface area contributed by atoms with Crippen molar-refractivity contribution in [3.8, 4) is 0 Å². The number of sulfone groups is 1. The molecule has 0 radical (unpaired) electrons. The summed E-state index contributed by atoms with van der Waals surface area (Å²) in [6.07, 6.45) is 0. The molecule has 0 saturated carbocycles. The van der Waals surface area contributed by atoms with Crippen LogP contribution in [0.25, 0.3) is 10.8 Å². The molecule has 0 atom stereocenters. The third-order valence-electron chi connectivity index (χ3n) is 6.78. The van der Waals surface area contributed by atoms with E-state index in [4.69, 9.17) is 0 Å². The highest BCUT2D eigenvalue weighted by molar-refractivity contribution is 7.94. The molecule has 9 heteroatoms. The quantitative estimate of drug-likeness (QED) is 0.361. The SMILES string of the molecule is C=CS(=O)(=O)c1cccc(N2C(=O)c3ccc4c5c(ccc(c35)C2=O)C(=O)N(c2cccc(C)c2)C4=O)c1.